The number of anilines is 1. The normalized spacial score (nSPS) is 10.9. The van der Waals surface area contributed by atoms with Gasteiger partial charge in [-0.25, -0.2) is 4.98 Å². The fraction of sp³-hybridized carbons (Fsp3) is 0.222. The number of imidazole rings is 1. The van der Waals surface area contributed by atoms with Crippen LogP contribution in [-0.2, 0) is 11.3 Å². The lowest BCUT2D eigenvalue weighted by atomic mass is 10.1. The summed E-state index contributed by atoms with van der Waals surface area (Å²) in [5, 5.41) is 2.95. The first-order valence-electron chi connectivity index (χ1n) is 7.32. The highest BCUT2D eigenvalue weighted by molar-refractivity contribution is 5.92. The van der Waals surface area contributed by atoms with Crippen molar-refractivity contribution >= 4 is 22.6 Å². The second-order valence-electron chi connectivity index (χ2n) is 5.66. The average Bonchev–Trinajstić information content (AvgIpc) is 2.84. The van der Waals surface area contributed by atoms with Gasteiger partial charge in [-0.15, -0.1) is 0 Å². The number of nitrogens with one attached hydrogen (secondary N) is 1. The van der Waals surface area contributed by atoms with Crippen LogP contribution in [0, 0.1) is 20.8 Å². The van der Waals surface area contributed by atoms with Gasteiger partial charge in [0.2, 0.25) is 5.91 Å². The van der Waals surface area contributed by atoms with Gasteiger partial charge in [-0.1, -0.05) is 18.2 Å². The van der Waals surface area contributed by atoms with Crippen molar-refractivity contribution in [2.45, 2.75) is 27.3 Å². The molecule has 0 saturated heterocycles. The molecule has 3 rings (SSSR count). The number of hydrogen-bond donors (Lipinski definition) is 1. The second kappa shape index (κ2) is 5.64. The molecule has 0 saturated carbocycles. The van der Waals surface area contributed by atoms with E-state index in [0.717, 1.165) is 22.3 Å². The highest BCUT2D eigenvalue weighted by Gasteiger charge is 2.09. The fourth-order valence-corrected chi connectivity index (χ4v) is 2.50. The zero-order valence-electron chi connectivity index (χ0n) is 13.1. The molecule has 2 aromatic carbocycles. The number of carbonyl (C=O) groups is 1. The first-order chi connectivity index (χ1) is 10.5. The van der Waals surface area contributed by atoms with Crippen molar-refractivity contribution in [3.8, 4) is 0 Å². The first kappa shape index (κ1) is 14.3. The molecular formula is C18H19N3O. The number of amides is 1. The van der Waals surface area contributed by atoms with Crippen LogP contribution in [0.3, 0.4) is 0 Å². The number of benzene rings is 2. The third kappa shape index (κ3) is 2.72. The van der Waals surface area contributed by atoms with Crippen LogP contribution in [0.2, 0.25) is 0 Å². The molecule has 0 spiro atoms. The molecule has 1 aromatic heterocycles. The Labute approximate surface area is 129 Å². The minimum absolute atomic E-state index is 0.0492. The van der Waals surface area contributed by atoms with Crippen LogP contribution in [0.15, 0.2) is 42.7 Å². The molecule has 3 aromatic rings. The van der Waals surface area contributed by atoms with Crippen molar-refractivity contribution in [1.29, 1.82) is 0 Å². The van der Waals surface area contributed by atoms with E-state index in [1.807, 2.05) is 35.8 Å². The lowest BCUT2D eigenvalue weighted by Crippen LogP contribution is -2.18. The summed E-state index contributed by atoms with van der Waals surface area (Å²) >= 11 is 0. The van der Waals surface area contributed by atoms with E-state index < -0.39 is 0 Å². The topological polar surface area (TPSA) is 46.9 Å². The summed E-state index contributed by atoms with van der Waals surface area (Å²) in [6, 6.07) is 11.9. The van der Waals surface area contributed by atoms with Gasteiger partial charge in [0.1, 0.15) is 6.54 Å². The third-order valence-electron chi connectivity index (χ3n) is 3.97. The average molecular weight is 293 g/mol. The summed E-state index contributed by atoms with van der Waals surface area (Å²) in [6.07, 6.45) is 1.72. The van der Waals surface area contributed by atoms with Crippen LogP contribution >= 0.6 is 0 Å². The van der Waals surface area contributed by atoms with Crippen LogP contribution in [-0.4, -0.2) is 15.5 Å². The zero-order valence-corrected chi connectivity index (χ0v) is 13.1. The van der Waals surface area contributed by atoms with E-state index in [9.17, 15) is 4.79 Å². The van der Waals surface area contributed by atoms with Gasteiger partial charge in [-0.2, -0.15) is 0 Å². The van der Waals surface area contributed by atoms with Gasteiger partial charge in [0.05, 0.1) is 17.4 Å². The van der Waals surface area contributed by atoms with Crippen LogP contribution in [0.1, 0.15) is 16.7 Å². The minimum atomic E-state index is -0.0492. The maximum absolute atomic E-state index is 12.3. The Kier molecular flexibility index (Phi) is 3.67. The lowest BCUT2D eigenvalue weighted by molar-refractivity contribution is -0.116. The molecule has 1 N–H and O–H groups in total. The molecule has 0 aliphatic carbocycles. The summed E-state index contributed by atoms with van der Waals surface area (Å²) in [5.41, 5.74) is 6.23. The molecule has 0 fully saturated rings. The van der Waals surface area contributed by atoms with Crippen LogP contribution in [0.25, 0.3) is 11.0 Å². The quantitative estimate of drug-likeness (QED) is 0.802. The molecule has 1 amide bonds. The number of hydrogen-bond acceptors (Lipinski definition) is 2. The van der Waals surface area contributed by atoms with E-state index in [2.05, 4.69) is 36.3 Å². The van der Waals surface area contributed by atoms with Gasteiger partial charge in [0.15, 0.2) is 0 Å². The standard InChI is InChI=1S/C18H19N3O/c1-12-6-4-5-7-15(12)20-18(22)10-21-11-19-16-8-13(2)14(3)9-17(16)21/h4-9,11H,10H2,1-3H3,(H,20,22). The number of para-hydroxylation sites is 1. The van der Waals surface area contributed by atoms with Crippen LogP contribution < -0.4 is 5.32 Å². The molecule has 0 aliphatic rings. The number of fused-ring (bicyclic) bond motifs is 1. The van der Waals surface area contributed by atoms with E-state index in [1.54, 1.807) is 6.33 Å². The Morgan fingerprint density at radius 3 is 2.59 bits per heavy atom. The molecule has 1 heterocycles. The summed E-state index contributed by atoms with van der Waals surface area (Å²) in [6.45, 7) is 6.37. The predicted molar refractivity (Wildman–Crippen MR) is 89.0 cm³/mol. The number of aromatic nitrogens is 2. The van der Waals surface area contributed by atoms with E-state index in [4.69, 9.17) is 0 Å². The Bertz CT molecular complexity index is 849. The fourth-order valence-electron chi connectivity index (χ4n) is 2.50. The van der Waals surface area contributed by atoms with E-state index in [1.165, 1.54) is 11.1 Å². The highest BCUT2D eigenvalue weighted by atomic mass is 16.1. The summed E-state index contributed by atoms with van der Waals surface area (Å²) in [5.74, 6) is -0.0492. The van der Waals surface area contributed by atoms with Crippen molar-refractivity contribution in [3.05, 3.63) is 59.4 Å². The Balaban J connectivity index is 1.83. The van der Waals surface area contributed by atoms with Crippen molar-refractivity contribution in [1.82, 2.24) is 9.55 Å². The number of carbonyl (C=O) groups excluding carboxylic acids is 1. The summed E-state index contributed by atoms with van der Waals surface area (Å²) < 4.78 is 1.88. The maximum atomic E-state index is 12.3. The molecule has 0 aliphatic heterocycles. The number of aryl methyl sites for hydroxylation is 3. The van der Waals surface area contributed by atoms with Gasteiger partial charge >= 0.3 is 0 Å². The second-order valence-corrected chi connectivity index (χ2v) is 5.66. The van der Waals surface area contributed by atoms with Gasteiger partial charge in [-0.3, -0.25) is 4.79 Å². The van der Waals surface area contributed by atoms with Gasteiger partial charge in [0, 0.05) is 5.69 Å². The van der Waals surface area contributed by atoms with Gasteiger partial charge in [-0.05, 0) is 55.7 Å². The first-order valence-corrected chi connectivity index (χ1v) is 7.32. The van der Waals surface area contributed by atoms with Crippen molar-refractivity contribution in [2.75, 3.05) is 5.32 Å². The molecule has 0 radical (unpaired) electrons. The van der Waals surface area contributed by atoms with E-state index in [0.29, 0.717) is 0 Å². The van der Waals surface area contributed by atoms with E-state index >= 15 is 0 Å². The Morgan fingerprint density at radius 1 is 1.09 bits per heavy atom. The van der Waals surface area contributed by atoms with Crippen LogP contribution in [0.5, 0.6) is 0 Å². The van der Waals surface area contributed by atoms with E-state index in [-0.39, 0.29) is 12.5 Å². The summed E-state index contributed by atoms with van der Waals surface area (Å²) in [4.78, 5) is 16.6. The SMILES string of the molecule is Cc1cc2ncn(CC(=O)Nc3ccccc3C)c2cc1C. The highest BCUT2D eigenvalue weighted by Crippen LogP contribution is 2.19. The molecule has 22 heavy (non-hydrogen) atoms. The van der Waals surface area contributed by atoms with Crippen molar-refractivity contribution < 1.29 is 4.79 Å². The molecular weight excluding hydrogens is 274 g/mol. The number of rotatable bonds is 3. The Hall–Kier alpha value is -2.62. The molecule has 0 unspecified atom stereocenters. The monoisotopic (exact) mass is 293 g/mol. The summed E-state index contributed by atoms with van der Waals surface area (Å²) in [7, 11) is 0. The zero-order chi connectivity index (χ0) is 15.7. The Morgan fingerprint density at radius 2 is 1.82 bits per heavy atom. The largest absolute Gasteiger partial charge is 0.324 e. The smallest absolute Gasteiger partial charge is 0.244 e. The van der Waals surface area contributed by atoms with Crippen molar-refractivity contribution in [3.63, 3.8) is 0 Å². The maximum Gasteiger partial charge on any atom is 0.244 e. The van der Waals surface area contributed by atoms with Crippen LogP contribution in [0.4, 0.5) is 5.69 Å². The third-order valence-corrected chi connectivity index (χ3v) is 3.97. The molecule has 0 atom stereocenters. The lowest BCUT2D eigenvalue weighted by Gasteiger charge is -2.09. The minimum Gasteiger partial charge on any atom is -0.324 e. The molecule has 4 nitrogen and oxygen atoms in total. The predicted octanol–water partition coefficient (Wildman–Crippen LogP) is 3.60. The molecule has 0 bridgehead atoms. The number of nitrogens with zero attached hydrogens (tertiary/aromatic N) is 2. The van der Waals surface area contributed by atoms with Crippen molar-refractivity contribution in [2.24, 2.45) is 0 Å². The molecule has 4 heteroatoms. The molecule has 112 valence electrons. The van der Waals surface area contributed by atoms with Gasteiger partial charge < -0.3 is 9.88 Å². The van der Waals surface area contributed by atoms with Gasteiger partial charge in [0.25, 0.3) is 0 Å².